The summed E-state index contributed by atoms with van der Waals surface area (Å²) in [5, 5.41) is 2.51. The molecule has 1 aliphatic rings. The maximum atomic E-state index is 14.1. The van der Waals surface area contributed by atoms with Crippen molar-refractivity contribution in [3.8, 4) is 11.8 Å². The van der Waals surface area contributed by atoms with E-state index in [4.69, 9.17) is 14.0 Å². The molecule has 1 amide bonds. The molecule has 1 aromatic rings. The lowest BCUT2D eigenvalue weighted by Gasteiger charge is -2.32. The van der Waals surface area contributed by atoms with Crippen LogP contribution in [0.25, 0.3) is 0 Å². The summed E-state index contributed by atoms with van der Waals surface area (Å²) < 4.78 is 31.2. The summed E-state index contributed by atoms with van der Waals surface area (Å²) >= 11 is 0. The third-order valence-corrected chi connectivity index (χ3v) is 4.46. The Balaban J connectivity index is 2.06. The maximum absolute atomic E-state index is 14.1. The molecule has 0 atom stereocenters. The van der Waals surface area contributed by atoms with Crippen LogP contribution in [-0.2, 0) is 14.0 Å². The van der Waals surface area contributed by atoms with Gasteiger partial charge in [0.1, 0.15) is 11.4 Å². The number of nitrogens with one attached hydrogen (secondary N) is 1. The molecular formula is C20H27BFNO4. The number of rotatable bonds is 2. The first-order chi connectivity index (χ1) is 12.3. The molecule has 0 aliphatic carbocycles. The summed E-state index contributed by atoms with van der Waals surface area (Å²) in [6.07, 6.45) is -0.566. The van der Waals surface area contributed by atoms with Gasteiger partial charge in [0.05, 0.1) is 23.3 Å². The van der Waals surface area contributed by atoms with Crippen LogP contribution < -0.4 is 10.8 Å². The normalized spacial score (nSPS) is 17.9. The quantitative estimate of drug-likeness (QED) is 0.638. The van der Waals surface area contributed by atoms with Crippen LogP contribution in [-0.4, -0.2) is 36.6 Å². The fourth-order valence-electron chi connectivity index (χ4n) is 2.33. The molecule has 2 rings (SSSR count). The van der Waals surface area contributed by atoms with Crippen molar-refractivity contribution >= 4 is 18.7 Å². The first kappa shape index (κ1) is 21.3. The van der Waals surface area contributed by atoms with Crippen molar-refractivity contribution in [3.05, 3.63) is 29.6 Å². The van der Waals surface area contributed by atoms with Gasteiger partial charge in [-0.15, -0.1) is 0 Å². The second-order valence-electron chi connectivity index (χ2n) is 8.48. The Bertz CT molecular complexity index is 758. The number of hydrogen-bond donors (Lipinski definition) is 1. The molecule has 1 fully saturated rings. The van der Waals surface area contributed by atoms with Crippen LogP contribution in [0.4, 0.5) is 9.18 Å². The van der Waals surface area contributed by atoms with Crippen LogP contribution in [0.15, 0.2) is 18.2 Å². The molecule has 0 aromatic heterocycles. The monoisotopic (exact) mass is 375 g/mol. The van der Waals surface area contributed by atoms with Gasteiger partial charge < -0.3 is 19.4 Å². The van der Waals surface area contributed by atoms with Gasteiger partial charge in [0, 0.05) is 0 Å². The van der Waals surface area contributed by atoms with Crippen molar-refractivity contribution in [2.75, 3.05) is 6.54 Å². The Labute approximate surface area is 161 Å². The minimum atomic E-state index is -0.587. The van der Waals surface area contributed by atoms with Gasteiger partial charge in [-0.1, -0.05) is 17.9 Å². The molecular weight excluding hydrogens is 348 g/mol. The van der Waals surface area contributed by atoms with Gasteiger partial charge in [-0.3, -0.25) is 0 Å². The molecule has 5 nitrogen and oxygen atoms in total. The molecule has 0 unspecified atom stereocenters. The van der Waals surface area contributed by atoms with Gasteiger partial charge in [0.2, 0.25) is 0 Å². The van der Waals surface area contributed by atoms with Crippen LogP contribution in [0, 0.1) is 17.7 Å². The van der Waals surface area contributed by atoms with Crippen molar-refractivity contribution in [2.45, 2.75) is 65.3 Å². The predicted octanol–water partition coefficient (Wildman–Crippen LogP) is 3.00. The average molecular weight is 375 g/mol. The van der Waals surface area contributed by atoms with E-state index in [2.05, 4.69) is 17.2 Å². The van der Waals surface area contributed by atoms with Crippen LogP contribution in [0.5, 0.6) is 0 Å². The Hall–Kier alpha value is -2.04. The minimum Gasteiger partial charge on any atom is -0.444 e. The molecule has 1 aromatic carbocycles. The number of amides is 1. The number of hydrogen-bond acceptors (Lipinski definition) is 4. The smallest absolute Gasteiger partial charge is 0.444 e. The zero-order valence-corrected chi connectivity index (χ0v) is 17.0. The second-order valence-corrected chi connectivity index (χ2v) is 8.48. The number of alkyl carbamates (subject to hydrolysis) is 1. The molecule has 0 bridgehead atoms. The molecule has 1 heterocycles. The van der Waals surface area contributed by atoms with E-state index in [-0.39, 0.29) is 12.1 Å². The van der Waals surface area contributed by atoms with E-state index >= 15 is 0 Å². The number of carbonyl (C=O) groups is 1. The van der Waals surface area contributed by atoms with Gasteiger partial charge in [-0.25, -0.2) is 9.18 Å². The number of carbonyl (C=O) groups excluding carboxylic acids is 1. The van der Waals surface area contributed by atoms with Crippen LogP contribution in [0.1, 0.15) is 54.0 Å². The zero-order valence-electron chi connectivity index (χ0n) is 17.0. The molecule has 1 aliphatic heterocycles. The van der Waals surface area contributed by atoms with E-state index in [9.17, 15) is 9.18 Å². The van der Waals surface area contributed by atoms with Crippen molar-refractivity contribution in [1.29, 1.82) is 0 Å². The van der Waals surface area contributed by atoms with Crippen LogP contribution in [0.3, 0.4) is 0 Å². The minimum absolute atomic E-state index is 0.0507. The Morgan fingerprint density at radius 1 is 1.22 bits per heavy atom. The SMILES string of the molecule is CC(C)(C)OC(=O)NCC#Cc1cc(B2OC(C)(C)C(C)(C)O2)ccc1F. The fraction of sp³-hybridized carbons (Fsp3) is 0.550. The molecule has 1 saturated heterocycles. The highest BCUT2D eigenvalue weighted by Crippen LogP contribution is 2.36. The summed E-state index contributed by atoms with van der Waals surface area (Å²) in [6.45, 7) is 13.2. The van der Waals surface area contributed by atoms with Crippen LogP contribution in [0.2, 0.25) is 0 Å². The molecule has 7 heteroatoms. The standard InChI is InChI=1S/C20H27BFNO4/c1-18(2,3)25-17(24)23-12-8-9-14-13-15(10-11-16(14)22)21-26-19(4,5)20(6,7)27-21/h10-11,13H,12H2,1-7H3,(H,23,24). The maximum Gasteiger partial charge on any atom is 0.494 e. The van der Waals surface area contributed by atoms with Crippen LogP contribution >= 0.6 is 0 Å². The molecule has 0 spiro atoms. The van der Waals surface area contributed by atoms with Gasteiger partial charge in [0.15, 0.2) is 0 Å². The Kier molecular flexibility index (Phi) is 5.93. The highest BCUT2D eigenvalue weighted by atomic mass is 19.1. The summed E-state index contributed by atoms with van der Waals surface area (Å²) in [5.74, 6) is 5.01. The Morgan fingerprint density at radius 3 is 2.37 bits per heavy atom. The van der Waals surface area contributed by atoms with E-state index < -0.39 is 35.8 Å². The third-order valence-electron chi connectivity index (χ3n) is 4.46. The number of ether oxygens (including phenoxy) is 1. The first-order valence-electron chi connectivity index (χ1n) is 8.91. The lowest BCUT2D eigenvalue weighted by Crippen LogP contribution is -2.41. The van der Waals surface area contributed by atoms with E-state index in [1.165, 1.54) is 6.07 Å². The number of halogens is 1. The molecule has 146 valence electrons. The fourth-order valence-corrected chi connectivity index (χ4v) is 2.33. The predicted molar refractivity (Wildman–Crippen MR) is 103 cm³/mol. The lowest BCUT2D eigenvalue weighted by molar-refractivity contribution is 0.00578. The van der Waals surface area contributed by atoms with Crippen molar-refractivity contribution in [1.82, 2.24) is 5.32 Å². The molecule has 27 heavy (non-hydrogen) atoms. The van der Waals surface area contributed by atoms with Crippen molar-refractivity contribution < 1.29 is 23.2 Å². The summed E-state index contributed by atoms with van der Waals surface area (Å²) in [5.41, 5.74) is -0.627. The second kappa shape index (κ2) is 7.53. The van der Waals surface area contributed by atoms with E-state index in [1.54, 1.807) is 32.9 Å². The lowest BCUT2D eigenvalue weighted by atomic mass is 9.78. The Morgan fingerprint density at radius 2 is 1.81 bits per heavy atom. The highest BCUT2D eigenvalue weighted by Gasteiger charge is 2.51. The highest BCUT2D eigenvalue weighted by molar-refractivity contribution is 6.62. The van der Waals surface area contributed by atoms with E-state index in [0.717, 1.165) is 0 Å². The average Bonchev–Trinajstić information content (AvgIpc) is 2.71. The summed E-state index contributed by atoms with van der Waals surface area (Å²) in [6, 6.07) is 4.57. The van der Waals surface area contributed by atoms with Gasteiger partial charge >= 0.3 is 13.2 Å². The summed E-state index contributed by atoms with van der Waals surface area (Å²) in [4.78, 5) is 11.6. The largest absolute Gasteiger partial charge is 0.494 e. The molecule has 0 saturated carbocycles. The van der Waals surface area contributed by atoms with Crippen molar-refractivity contribution in [2.24, 2.45) is 0 Å². The van der Waals surface area contributed by atoms with Gasteiger partial charge in [-0.2, -0.15) is 0 Å². The van der Waals surface area contributed by atoms with E-state index in [1.807, 2.05) is 27.7 Å². The topological polar surface area (TPSA) is 56.8 Å². The zero-order chi connectivity index (χ0) is 20.5. The van der Waals surface area contributed by atoms with Crippen molar-refractivity contribution in [3.63, 3.8) is 0 Å². The van der Waals surface area contributed by atoms with Gasteiger partial charge in [-0.05, 0) is 66.1 Å². The third kappa shape index (κ3) is 5.47. The molecule has 1 N–H and O–H groups in total. The van der Waals surface area contributed by atoms with E-state index in [0.29, 0.717) is 5.46 Å². The summed E-state index contributed by atoms with van der Waals surface area (Å²) in [7, 11) is -0.587. The first-order valence-corrected chi connectivity index (χ1v) is 8.91. The van der Waals surface area contributed by atoms with Gasteiger partial charge in [0.25, 0.3) is 0 Å². The molecule has 0 radical (unpaired) electrons. The number of benzene rings is 1.